The lowest BCUT2D eigenvalue weighted by molar-refractivity contribution is 0.00578. The van der Waals surface area contributed by atoms with Gasteiger partial charge in [0.1, 0.15) is 0 Å². The van der Waals surface area contributed by atoms with Crippen LogP contribution >= 0.6 is 0 Å². The number of hydrogen-bond acceptors (Lipinski definition) is 2. The highest BCUT2D eigenvalue weighted by atomic mass is 16.7. The third kappa shape index (κ3) is 2.64. The number of fused-ring (bicyclic) bond motifs is 1. The summed E-state index contributed by atoms with van der Waals surface area (Å²) in [5.41, 5.74) is 6.06. The first-order valence-corrected chi connectivity index (χ1v) is 9.42. The fourth-order valence-electron chi connectivity index (χ4n) is 4.19. The van der Waals surface area contributed by atoms with E-state index in [2.05, 4.69) is 85.7 Å². The normalized spacial score (nSPS) is 23.6. The van der Waals surface area contributed by atoms with Gasteiger partial charge >= 0.3 is 7.12 Å². The summed E-state index contributed by atoms with van der Waals surface area (Å²) in [6.07, 6.45) is 5.43. The summed E-state index contributed by atoms with van der Waals surface area (Å²) in [4.78, 5) is 0. The van der Waals surface area contributed by atoms with Gasteiger partial charge in [-0.2, -0.15) is 0 Å². The van der Waals surface area contributed by atoms with Crippen molar-refractivity contribution in [2.75, 3.05) is 0 Å². The van der Waals surface area contributed by atoms with Crippen LogP contribution in [-0.4, -0.2) is 18.3 Å². The fraction of sp³-hybridized carbons (Fsp3) is 0.545. The second-order valence-electron chi connectivity index (χ2n) is 8.73. The summed E-state index contributed by atoms with van der Waals surface area (Å²) in [5, 5.41) is 0. The van der Waals surface area contributed by atoms with Crippen LogP contribution in [-0.2, 0) is 14.7 Å². The van der Waals surface area contributed by atoms with Crippen molar-refractivity contribution < 1.29 is 9.31 Å². The van der Waals surface area contributed by atoms with Gasteiger partial charge in [-0.3, -0.25) is 0 Å². The molecular weight excluding hydrogens is 307 g/mol. The molecule has 0 N–H and O–H groups in total. The van der Waals surface area contributed by atoms with Crippen molar-refractivity contribution >= 4 is 18.2 Å². The highest BCUT2D eigenvalue weighted by Gasteiger charge is 2.53. The van der Waals surface area contributed by atoms with E-state index in [1.165, 1.54) is 22.3 Å². The lowest BCUT2D eigenvalue weighted by atomic mass is 9.72. The van der Waals surface area contributed by atoms with E-state index in [-0.39, 0.29) is 23.7 Å². The topological polar surface area (TPSA) is 18.5 Å². The van der Waals surface area contributed by atoms with Crippen molar-refractivity contribution in [3.63, 3.8) is 0 Å². The summed E-state index contributed by atoms with van der Waals surface area (Å²) in [7, 11) is -0.327. The molecule has 1 aromatic carbocycles. The van der Waals surface area contributed by atoms with E-state index in [1.807, 2.05) is 0 Å². The van der Waals surface area contributed by atoms with Gasteiger partial charge in [-0.1, -0.05) is 56.7 Å². The molecule has 0 amide bonds. The van der Waals surface area contributed by atoms with Crippen molar-refractivity contribution in [1.82, 2.24) is 0 Å². The first-order chi connectivity index (χ1) is 11.6. The van der Waals surface area contributed by atoms with Crippen molar-refractivity contribution in [3.8, 4) is 0 Å². The van der Waals surface area contributed by atoms with Gasteiger partial charge in [-0.25, -0.2) is 0 Å². The number of benzene rings is 1. The second-order valence-corrected chi connectivity index (χ2v) is 8.73. The molecular formula is C22H31BO2. The number of hydrogen-bond donors (Lipinski definition) is 0. The van der Waals surface area contributed by atoms with E-state index in [0.29, 0.717) is 0 Å². The van der Waals surface area contributed by atoms with Crippen molar-refractivity contribution in [2.24, 2.45) is 0 Å². The summed E-state index contributed by atoms with van der Waals surface area (Å²) in [5.74, 6) is 0. The van der Waals surface area contributed by atoms with Crippen LogP contribution in [0.2, 0.25) is 0 Å². The molecule has 0 radical (unpaired) electrons. The molecule has 2 aliphatic rings. The maximum absolute atomic E-state index is 6.37. The SMILES string of the molecule is C/C=C\C1=C(CC)C(C)(C)c2cccc(B3OC(C)(C)C(C)(C)O3)c21. The van der Waals surface area contributed by atoms with Gasteiger partial charge in [0.15, 0.2) is 0 Å². The summed E-state index contributed by atoms with van der Waals surface area (Å²) < 4.78 is 12.7. The molecule has 3 heteroatoms. The Kier molecular flexibility index (Phi) is 4.33. The van der Waals surface area contributed by atoms with Gasteiger partial charge in [0.2, 0.25) is 0 Å². The Balaban J connectivity index is 2.19. The van der Waals surface area contributed by atoms with Crippen LogP contribution in [0.1, 0.15) is 72.9 Å². The van der Waals surface area contributed by atoms with Crippen LogP contribution in [0, 0.1) is 0 Å². The van der Waals surface area contributed by atoms with Crippen molar-refractivity contribution in [1.29, 1.82) is 0 Å². The Morgan fingerprint density at radius 1 is 1.00 bits per heavy atom. The van der Waals surface area contributed by atoms with Crippen LogP contribution in [0.4, 0.5) is 0 Å². The highest BCUT2D eigenvalue weighted by molar-refractivity contribution is 6.63. The molecule has 0 atom stereocenters. The van der Waals surface area contributed by atoms with Gasteiger partial charge < -0.3 is 9.31 Å². The van der Waals surface area contributed by atoms with Gasteiger partial charge in [-0.15, -0.1) is 0 Å². The predicted octanol–water partition coefficient (Wildman–Crippen LogP) is 5.02. The summed E-state index contributed by atoms with van der Waals surface area (Å²) >= 11 is 0. The quantitative estimate of drug-likeness (QED) is 0.721. The average molecular weight is 338 g/mol. The van der Waals surface area contributed by atoms with Crippen LogP contribution in [0.15, 0.2) is 35.9 Å². The zero-order valence-electron chi connectivity index (χ0n) is 17.0. The average Bonchev–Trinajstić information content (AvgIpc) is 2.87. The zero-order chi connectivity index (χ0) is 18.6. The highest BCUT2D eigenvalue weighted by Crippen LogP contribution is 2.48. The minimum absolute atomic E-state index is 0.0403. The van der Waals surface area contributed by atoms with E-state index >= 15 is 0 Å². The van der Waals surface area contributed by atoms with Gasteiger partial charge in [0.25, 0.3) is 0 Å². The van der Waals surface area contributed by atoms with Gasteiger partial charge in [0, 0.05) is 5.41 Å². The number of allylic oxidation sites excluding steroid dienone is 4. The first-order valence-electron chi connectivity index (χ1n) is 9.42. The Morgan fingerprint density at radius 3 is 2.12 bits per heavy atom. The smallest absolute Gasteiger partial charge is 0.399 e. The zero-order valence-corrected chi connectivity index (χ0v) is 17.0. The molecule has 134 valence electrons. The molecule has 0 saturated carbocycles. The molecule has 0 bridgehead atoms. The van der Waals surface area contributed by atoms with Crippen molar-refractivity contribution in [2.45, 2.75) is 78.4 Å². The maximum atomic E-state index is 6.37. The molecule has 1 saturated heterocycles. The summed E-state index contributed by atoms with van der Waals surface area (Å²) in [6, 6.07) is 6.57. The van der Waals surface area contributed by atoms with Crippen LogP contribution < -0.4 is 5.46 Å². The second kappa shape index (κ2) is 5.85. The largest absolute Gasteiger partial charge is 0.495 e. The van der Waals surface area contributed by atoms with E-state index in [9.17, 15) is 0 Å². The minimum atomic E-state index is -0.327. The molecule has 1 aliphatic heterocycles. The molecule has 3 rings (SSSR count). The summed E-state index contributed by atoms with van der Waals surface area (Å²) in [6.45, 7) is 17.4. The van der Waals surface area contributed by atoms with Crippen molar-refractivity contribution in [3.05, 3.63) is 47.1 Å². The lowest BCUT2D eigenvalue weighted by Gasteiger charge is -2.32. The molecule has 25 heavy (non-hydrogen) atoms. The molecule has 1 aliphatic carbocycles. The monoisotopic (exact) mass is 338 g/mol. The predicted molar refractivity (Wildman–Crippen MR) is 107 cm³/mol. The number of rotatable bonds is 3. The fourth-order valence-corrected chi connectivity index (χ4v) is 4.19. The molecule has 0 unspecified atom stereocenters. The Labute approximate surface area is 153 Å². The van der Waals surface area contributed by atoms with Crippen LogP contribution in [0.5, 0.6) is 0 Å². The third-order valence-corrected chi connectivity index (χ3v) is 6.31. The molecule has 0 aromatic heterocycles. The Hall–Kier alpha value is -1.32. The van der Waals surface area contributed by atoms with E-state index in [4.69, 9.17) is 9.31 Å². The standard InChI is InChI=1S/C22H31BO2/c1-9-12-15-16(10-2)20(3,4)17-13-11-14-18(19(15)17)23-24-21(5,6)22(7,8)25-23/h9,11-14H,10H2,1-8H3/b12-9-. The van der Waals surface area contributed by atoms with Crippen LogP contribution in [0.25, 0.3) is 5.57 Å². The molecule has 1 aromatic rings. The molecule has 0 spiro atoms. The Morgan fingerprint density at radius 2 is 1.60 bits per heavy atom. The van der Waals surface area contributed by atoms with Crippen LogP contribution in [0.3, 0.4) is 0 Å². The molecule has 2 nitrogen and oxygen atoms in total. The maximum Gasteiger partial charge on any atom is 0.495 e. The minimum Gasteiger partial charge on any atom is -0.399 e. The lowest BCUT2D eigenvalue weighted by Crippen LogP contribution is -2.41. The molecule has 1 heterocycles. The van der Waals surface area contributed by atoms with Gasteiger partial charge in [0.05, 0.1) is 11.2 Å². The first kappa shape index (κ1) is 18.5. The third-order valence-electron chi connectivity index (χ3n) is 6.31. The van der Waals surface area contributed by atoms with E-state index in [1.54, 1.807) is 0 Å². The Bertz CT molecular complexity index is 737. The van der Waals surface area contributed by atoms with Gasteiger partial charge in [-0.05, 0) is 63.2 Å². The van der Waals surface area contributed by atoms with E-state index < -0.39 is 0 Å². The van der Waals surface area contributed by atoms with E-state index in [0.717, 1.165) is 11.9 Å². The molecule has 1 fully saturated rings.